The third kappa shape index (κ3) is 2.51. The van der Waals surface area contributed by atoms with Gasteiger partial charge in [-0.15, -0.1) is 11.8 Å². The van der Waals surface area contributed by atoms with Gasteiger partial charge in [0.05, 0.1) is 11.5 Å². The van der Waals surface area contributed by atoms with Gasteiger partial charge in [-0.1, -0.05) is 0 Å². The summed E-state index contributed by atoms with van der Waals surface area (Å²) in [5.41, 5.74) is 7.34. The average Bonchev–Trinajstić information content (AvgIpc) is 2.85. The maximum absolute atomic E-state index is 6.05. The summed E-state index contributed by atoms with van der Waals surface area (Å²) in [4.78, 5) is 1.17. The lowest BCUT2D eigenvalue weighted by atomic mass is 10.1. The molecule has 0 amide bonds. The van der Waals surface area contributed by atoms with Crippen LogP contribution in [0, 0.1) is 6.92 Å². The van der Waals surface area contributed by atoms with E-state index >= 15 is 0 Å². The molecule has 2 aromatic rings. The molecule has 2 unspecified atom stereocenters. The van der Waals surface area contributed by atoms with Crippen molar-refractivity contribution in [3.05, 3.63) is 40.5 Å². The Hall–Kier alpha value is -0.710. The highest BCUT2D eigenvalue weighted by Gasteiger charge is 2.19. The summed E-state index contributed by atoms with van der Waals surface area (Å²) in [6, 6.07) is 4.26. The summed E-state index contributed by atoms with van der Waals surface area (Å²) in [5, 5.41) is 4.55. The van der Waals surface area contributed by atoms with Gasteiger partial charge < -0.3 is 10.2 Å². The summed E-state index contributed by atoms with van der Waals surface area (Å²) < 4.78 is 5.30. The Kier molecular flexibility index (Phi) is 3.74. The van der Waals surface area contributed by atoms with Crippen LogP contribution >= 0.6 is 23.1 Å². The minimum atomic E-state index is 0.119. The largest absolute Gasteiger partial charge is 0.468 e. The van der Waals surface area contributed by atoms with Crippen molar-refractivity contribution in [1.29, 1.82) is 0 Å². The maximum atomic E-state index is 6.05. The van der Waals surface area contributed by atoms with Crippen LogP contribution in [0.2, 0.25) is 0 Å². The number of thioether (sulfide) groups is 1. The Labute approximate surface area is 104 Å². The van der Waals surface area contributed by atoms with E-state index in [1.165, 1.54) is 10.5 Å². The molecule has 0 bridgehead atoms. The second-order valence-corrected chi connectivity index (χ2v) is 5.76. The van der Waals surface area contributed by atoms with E-state index < -0.39 is 0 Å². The number of hydrogen-bond donors (Lipinski definition) is 1. The van der Waals surface area contributed by atoms with Crippen LogP contribution in [0.15, 0.2) is 38.5 Å². The molecule has 2 heterocycles. The van der Waals surface area contributed by atoms with E-state index in [4.69, 9.17) is 10.2 Å². The molecule has 2 atom stereocenters. The summed E-state index contributed by atoms with van der Waals surface area (Å²) >= 11 is 3.49. The topological polar surface area (TPSA) is 39.2 Å². The first-order valence-corrected chi connectivity index (χ1v) is 6.99. The highest BCUT2D eigenvalue weighted by atomic mass is 32.2. The van der Waals surface area contributed by atoms with Crippen molar-refractivity contribution >= 4 is 23.1 Å². The van der Waals surface area contributed by atoms with Crippen molar-refractivity contribution in [2.24, 2.45) is 5.73 Å². The molecule has 0 saturated heterocycles. The number of thiophene rings is 1. The molecule has 0 aliphatic rings. The van der Waals surface area contributed by atoms with Crippen LogP contribution in [0.5, 0.6) is 0 Å². The fourth-order valence-electron chi connectivity index (χ4n) is 1.55. The number of aryl methyl sites for hydroxylation is 1. The van der Waals surface area contributed by atoms with Crippen LogP contribution in [-0.4, -0.2) is 6.04 Å². The zero-order valence-electron chi connectivity index (χ0n) is 9.34. The van der Waals surface area contributed by atoms with Gasteiger partial charge in [0.25, 0.3) is 0 Å². The molecule has 2 rings (SSSR count). The van der Waals surface area contributed by atoms with Crippen LogP contribution in [0.4, 0.5) is 0 Å². The van der Waals surface area contributed by atoms with Crippen LogP contribution in [0.25, 0.3) is 0 Å². The van der Waals surface area contributed by atoms with Crippen molar-refractivity contribution in [2.45, 2.75) is 30.0 Å². The average molecular weight is 253 g/mol. The highest BCUT2D eigenvalue weighted by Crippen LogP contribution is 2.39. The van der Waals surface area contributed by atoms with Crippen molar-refractivity contribution < 1.29 is 4.42 Å². The smallest absolute Gasteiger partial charge is 0.114 e. The molecule has 0 aliphatic heterocycles. The lowest BCUT2D eigenvalue weighted by Crippen LogP contribution is -2.22. The molecule has 0 radical (unpaired) electrons. The molecule has 4 heteroatoms. The first-order chi connectivity index (χ1) is 7.68. The molecule has 86 valence electrons. The zero-order chi connectivity index (χ0) is 11.5. The second kappa shape index (κ2) is 5.08. The minimum Gasteiger partial charge on any atom is -0.468 e. The van der Waals surface area contributed by atoms with Gasteiger partial charge in [0.2, 0.25) is 0 Å². The Morgan fingerprint density at radius 2 is 2.25 bits per heavy atom. The maximum Gasteiger partial charge on any atom is 0.114 e. The van der Waals surface area contributed by atoms with Gasteiger partial charge >= 0.3 is 0 Å². The molecule has 0 spiro atoms. The Morgan fingerprint density at radius 3 is 2.75 bits per heavy atom. The van der Waals surface area contributed by atoms with E-state index in [0.29, 0.717) is 5.25 Å². The van der Waals surface area contributed by atoms with Crippen LogP contribution in [-0.2, 0) is 0 Å². The van der Waals surface area contributed by atoms with Gasteiger partial charge in [-0.05, 0) is 42.3 Å². The number of nitrogens with two attached hydrogens (primary N) is 1. The molecule has 2 aromatic heterocycles. The Morgan fingerprint density at radius 1 is 1.44 bits per heavy atom. The van der Waals surface area contributed by atoms with E-state index in [9.17, 15) is 0 Å². The number of furan rings is 1. The second-order valence-electron chi connectivity index (χ2n) is 3.80. The molecule has 0 aliphatic carbocycles. The third-order valence-corrected chi connectivity index (χ3v) is 4.75. The molecule has 2 N–H and O–H groups in total. The van der Waals surface area contributed by atoms with E-state index in [0.717, 1.165) is 5.76 Å². The van der Waals surface area contributed by atoms with Crippen LogP contribution in [0.1, 0.15) is 23.5 Å². The monoisotopic (exact) mass is 253 g/mol. The summed E-state index contributed by atoms with van der Waals surface area (Å²) in [5.74, 6) is 0.964. The first-order valence-electron chi connectivity index (χ1n) is 5.17. The summed E-state index contributed by atoms with van der Waals surface area (Å²) in [6.07, 6.45) is 1.73. The molecule has 0 aromatic carbocycles. The SMILES string of the molecule is Cc1occc1SC(c1ccsc1)C(C)N. The van der Waals surface area contributed by atoms with E-state index in [1.807, 2.05) is 19.9 Å². The van der Waals surface area contributed by atoms with Gasteiger partial charge in [0, 0.05) is 10.9 Å². The zero-order valence-corrected chi connectivity index (χ0v) is 11.0. The predicted molar refractivity (Wildman–Crippen MR) is 70.0 cm³/mol. The molecule has 2 nitrogen and oxygen atoms in total. The molecular formula is C12H15NOS2. The highest BCUT2D eigenvalue weighted by molar-refractivity contribution is 7.99. The van der Waals surface area contributed by atoms with Crippen molar-refractivity contribution in [3.8, 4) is 0 Å². The van der Waals surface area contributed by atoms with Gasteiger partial charge in [-0.3, -0.25) is 0 Å². The first kappa shape index (κ1) is 11.8. The van der Waals surface area contributed by atoms with Crippen molar-refractivity contribution in [2.75, 3.05) is 0 Å². The molecule has 0 saturated carbocycles. The van der Waals surface area contributed by atoms with Crippen molar-refractivity contribution in [1.82, 2.24) is 0 Å². The van der Waals surface area contributed by atoms with Crippen LogP contribution in [0.3, 0.4) is 0 Å². The Balaban J connectivity index is 2.19. The quantitative estimate of drug-likeness (QED) is 0.842. The van der Waals surface area contributed by atoms with E-state index in [1.54, 1.807) is 29.4 Å². The van der Waals surface area contributed by atoms with Crippen LogP contribution < -0.4 is 5.73 Å². The summed E-state index contributed by atoms with van der Waals surface area (Å²) in [6.45, 7) is 4.03. The van der Waals surface area contributed by atoms with Gasteiger partial charge in [-0.25, -0.2) is 0 Å². The predicted octanol–water partition coefficient (Wildman–Crippen LogP) is 3.83. The van der Waals surface area contributed by atoms with Gasteiger partial charge in [0.15, 0.2) is 0 Å². The lowest BCUT2D eigenvalue weighted by molar-refractivity contribution is 0.526. The molecular weight excluding hydrogens is 238 g/mol. The standard InChI is InChI=1S/C12H15NOS2/c1-8(13)12(10-4-6-15-7-10)16-11-3-5-14-9(11)2/h3-8,12H,13H2,1-2H3. The van der Waals surface area contributed by atoms with Gasteiger partial charge in [0.1, 0.15) is 5.76 Å². The molecule has 0 fully saturated rings. The lowest BCUT2D eigenvalue weighted by Gasteiger charge is -2.18. The third-order valence-electron chi connectivity index (χ3n) is 2.41. The normalized spacial score (nSPS) is 14.9. The van der Waals surface area contributed by atoms with E-state index in [-0.39, 0.29) is 6.04 Å². The summed E-state index contributed by atoms with van der Waals surface area (Å²) in [7, 11) is 0. The number of rotatable bonds is 4. The van der Waals surface area contributed by atoms with Crippen molar-refractivity contribution in [3.63, 3.8) is 0 Å². The number of hydrogen-bond acceptors (Lipinski definition) is 4. The Bertz CT molecular complexity index is 434. The fourth-order valence-corrected chi connectivity index (χ4v) is 3.45. The minimum absolute atomic E-state index is 0.119. The van der Waals surface area contributed by atoms with Gasteiger partial charge in [-0.2, -0.15) is 11.3 Å². The molecule has 16 heavy (non-hydrogen) atoms. The van der Waals surface area contributed by atoms with E-state index in [2.05, 4.69) is 16.8 Å². The fraction of sp³-hybridized carbons (Fsp3) is 0.333.